The molecule has 0 radical (unpaired) electrons. The van der Waals surface area contributed by atoms with Crippen LogP contribution >= 0.6 is 0 Å². The predicted molar refractivity (Wildman–Crippen MR) is 74.8 cm³/mol. The van der Waals surface area contributed by atoms with Crippen molar-refractivity contribution in [3.63, 3.8) is 0 Å². The molecule has 5 heteroatoms. The average molecular weight is 269 g/mol. The molecule has 0 spiro atoms. The maximum Gasteiger partial charge on any atom is 0.230 e. The lowest BCUT2D eigenvalue weighted by Gasteiger charge is -2.48. The van der Waals surface area contributed by atoms with Crippen molar-refractivity contribution in [3.05, 3.63) is 0 Å². The number of nitrogens with two attached hydrogens (primary N) is 1. The van der Waals surface area contributed by atoms with E-state index in [9.17, 15) is 4.79 Å². The van der Waals surface area contributed by atoms with Crippen LogP contribution < -0.4 is 5.73 Å². The van der Waals surface area contributed by atoms with Gasteiger partial charge in [-0.1, -0.05) is 0 Å². The number of piperazine rings is 1. The van der Waals surface area contributed by atoms with Crippen LogP contribution in [0.25, 0.3) is 0 Å². The molecule has 0 aromatic carbocycles. The zero-order valence-corrected chi connectivity index (χ0v) is 12.4. The lowest BCUT2D eigenvalue weighted by molar-refractivity contribution is -0.151. The van der Waals surface area contributed by atoms with Crippen molar-refractivity contribution in [1.29, 1.82) is 0 Å². The molecule has 5 nitrogen and oxygen atoms in total. The fourth-order valence-corrected chi connectivity index (χ4v) is 3.02. The quantitative estimate of drug-likeness (QED) is 0.783. The highest BCUT2D eigenvalue weighted by Gasteiger charge is 2.44. The van der Waals surface area contributed by atoms with Crippen molar-refractivity contribution in [1.82, 2.24) is 9.80 Å². The first-order valence-corrected chi connectivity index (χ1v) is 7.20. The second-order valence-corrected chi connectivity index (χ2v) is 6.56. The van der Waals surface area contributed by atoms with E-state index in [2.05, 4.69) is 25.8 Å². The summed E-state index contributed by atoms with van der Waals surface area (Å²) >= 11 is 0. The second kappa shape index (κ2) is 5.38. The lowest BCUT2D eigenvalue weighted by Crippen LogP contribution is -2.62. The molecule has 2 aliphatic rings. The molecule has 1 amide bonds. The van der Waals surface area contributed by atoms with Gasteiger partial charge in [-0.2, -0.15) is 0 Å². The smallest absolute Gasteiger partial charge is 0.230 e. The number of amides is 1. The molecule has 0 unspecified atom stereocenters. The Balaban J connectivity index is 2.10. The van der Waals surface area contributed by atoms with Crippen LogP contribution in [-0.4, -0.2) is 67.7 Å². The summed E-state index contributed by atoms with van der Waals surface area (Å²) in [6.07, 6.45) is 1.52. The molecule has 0 atom stereocenters. The first-order valence-electron chi connectivity index (χ1n) is 7.20. The molecule has 0 aromatic heterocycles. The topological polar surface area (TPSA) is 58.8 Å². The Labute approximate surface area is 116 Å². The molecule has 110 valence electrons. The van der Waals surface area contributed by atoms with Crippen molar-refractivity contribution in [2.45, 2.75) is 32.2 Å². The molecular formula is C14H27N3O2. The number of likely N-dealkylation sites (N-methyl/N-ethyl adjacent to an activating group) is 1. The third-order valence-corrected chi connectivity index (χ3v) is 4.90. The summed E-state index contributed by atoms with van der Waals surface area (Å²) in [5.41, 5.74) is 5.58. The largest absolute Gasteiger partial charge is 0.381 e. The van der Waals surface area contributed by atoms with Gasteiger partial charge in [-0.25, -0.2) is 0 Å². The minimum Gasteiger partial charge on any atom is -0.381 e. The Morgan fingerprint density at radius 1 is 1.26 bits per heavy atom. The van der Waals surface area contributed by atoms with E-state index in [1.54, 1.807) is 0 Å². The van der Waals surface area contributed by atoms with E-state index >= 15 is 0 Å². The minimum atomic E-state index is -0.385. The lowest BCUT2D eigenvalue weighted by atomic mass is 9.78. The molecule has 2 fully saturated rings. The maximum atomic E-state index is 12.9. The summed E-state index contributed by atoms with van der Waals surface area (Å²) in [6.45, 7) is 8.63. The Morgan fingerprint density at radius 2 is 1.89 bits per heavy atom. The molecule has 0 saturated carbocycles. The normalized spacial score (nSPS) is 27.3. The Morgan fingerprint density at radius 3 is 2.42 bits per heavy atom. The SMILES string of the molecule is CN1CCN(C(=O)C2(CN)CCOCC2)CC1(C)C. The number of hydrogen-bond acceptors (Lipinski definition) is 4. The van der Waals surface area contributed by atoms with Crippen molar-refractivity contribution in [3.8, 4) is 0 Å². The highest BCUT2D eigenvalue weighted by atomic mass is 16.5. The van der Waals surface area contributed by atoms with Gasteiger partial charge in [0.1, 0.15) is 0 Å². The van der Waals surface area contributed by atoms with Crippen molar-refractivity contribution in [2.24, 2.45) is 11.1 Å². The second-order valence-electron chi connectivity index (χ2n) is 6.56. The molecular weight excluding hydrogens is 242 g/mol. The van der Waals surface area contributed by atoms with Gasteiger partial charge in [0.05, 0.1) is 5.41 Å². The van der Waals surface area contributed by atoms with E-state index in [0.29, 0.717) is 19.8 Å². The fourth-order valence-electron chi connectivity index (χ4n) is 3.02. The van der Waals surface area contributed by atoms with Gasteiger partial charge in [0.2, 0.25) is 5.91 Å². The van der Waals surface area contributed by atoms with Gasteiger partial charge in [0.25, 0.3) is 0 Å². The van der Waals surface area contributed by atoms with Crippen LogP contribution in [0, 0.1) is 5.41 Å². The Bertz CT molecular complexity index is 338. The minimum absolute atomic E-state index is 0.0366. The van der Waals surface area contributed by atoms with Gasteiger partial charge in [-0.15, -0.1) is 0 Å². The first-order chi connectivity index (χ1) is 8.91. The number of ether oxygens (including phenoxy) is 1. The molecule has 0 aromatic rings. The van der Waals surface area contributed by atoms with Crippen LogP contribution in [0.5, 0.6) is 0 Å². The zero-order chi connectivity index (χ0) is 14.1. The molecule has 2 aliphatic heterocycles. The summed E-state index contributed by atoms with van der Waals surface area (Å²) in [5, 5.41) is 0. The third kappa shape index (κ3) is 2.78. The van der Waals surface area contributed by atoms with Crippen LogP contribution in [0.4, 0.5) is 0 Å². The van der Waals surface area contributed by atoms with Crippen LogP contribution in [0.2, 0.25) is 0 Å². The Hall–Kier alpha value is -0.650. The zero-order valence-electron chi connectivity index (χ0n) is 12.4. The van der Waals surface area contributed by atoms with Crippen molar-refractivity contribution in [2.75, 3.05) is 46.4 Å². The van der Waals surface area contributed by atoms with Crippen LogP contribution in [0.15, 0.2) is 0 Å². The number of rotatable bonds is 2. The van der Waals surface area contributed by atoms with Gasteiger partial charge >= 0.3 is 0 Å². The summed E-state index contributed by atoms with van der Waals surface area (Å²) in [7, 11) is 2.12. The first kappa shape index (κ1) is 14.8. The number of carbonyl (C=O) groups excluding carboxylic acids is 1. The van der Waals surface area contributed by atoms with E-state index in [0.717, 1.165) is 32.5 Å². The standard InChI is InChI=1S/C14H27N3O2/c1-13(2)11-17(7-6-16(13)3)12(18)14(10-15)4-8-19-9-5-14/h4-11,15H2,1-3H3. The number of hydrogen-bond donors (Lipinski definition) is 1. The third-order valence-electron chi connectivity index (χ3n) is 4.90. The Kier molecular flexibility index (Phi) is 4.18. The maximum absolute atomic E-state index is 12.9. The van der Waals surface area contributed by atoms with Crippen molar-refractivity contribution < 1.29 is 9.53 Å². The molecule has 2 rings (SSSR count). The monoisotopic (exact) mass is 269 g/mol. The van der Waals surface area contributed by atoms with Gasteiger partial charge in [-0.3, -0.25) is 9.69 Å². The summed E-state index contributed by atoms with van der Waals surface area (Å²) in [4.78, 5) is 17.2. The van der Waals surface area contributed by atoms with E-state index in [1.807, 2.05) is 4.90 Å². The molecule has 0 aliphatic carbocycles. The van der Waals surface area contributed by atoms with Gasteiger partial charge < -0.3 is 15.4 Å². The van der Waals surface area contributed by atoms with Crippen LogP contribution in [0.3, 0.4) is 0 Å². The fraction of sp³-hybridized carbons (Fsp3) is 0.929. The van der Waals surface area contributed by atoms with Gasteiger partial charge in [0, 0.05) is 44.9 Å². The molecule has 2 saturated heterocycles. The molecule has 2 N–H and O–H groups in total. The summed E-state index contributed by atoms with van der Waals surface area (Å²) in [6, 6.07) is 0. The van der Waals surface area contributed by atoms with Gasteiger partial charge in [-0.05, 0) is 33.7 Å². The van der Waals surface area contributed by atoms with Gasteiger partial charge in [0.15, 0.2) is 0 Å². The number of nitrogens with zero attached hydrogens (tertiary/aromatic N) is 2. The predicted octanol–water partition coefficient (Wildman–Crippen LogP) is 0.295. The van der Waals surface area contributed by atoms with E-state index in [1.165, 1.54) is 0 Å². The molecule has 0 bridgehead atoms. The van der Waals surface area contributed by atoms with E-state index < -0.39 is 0 Å². The summed E-state index contributed by atoms with van der Waals surface area (Å²) < 4.78 is 5.39. The highest BCUT2D eigenvalue weighted by molar-refractivity contribution is 5.83. The van der Waals surface area contributed by atoms with Crippen molar-refractivity contribution >= 4 is 5.91 Å². The van der Waals surface area contributed by atoms with E-state index in [4.69, 9.17) is 10.5 Å². The average Bonchev–Trinajstić information content (AvgIpc) is 2.41. The molecule has 19 heavy (non-hydrogen) atoms. The highest BCUT2D eigenvalue weighted by Crippen LogP contribution is 2.33. The van der Waals surface area contributed by atoms with Crippen LogP contribution in [0.1, 0.15) is 26.7 Å². The summed E-state index contributed by atoms with van der Waals surface area (Å²) in [5.74, 6) is 0.236. The molecule has 2 heterocycles. The van der Waals surface area contributed by atoms with Crippen LogP contribution in [-0.2, 0) is 9.53 Å². The van der Waals surface area contributed by atoms with E-state index in [-0.39, 0.29) is 16.9 Å². The number of carbonyl (C=O) groups is 1.